The summed E-state index contributed by atoms with van der Waals surface area (Å²) in [5, 5.41) is 15.9. The van der Waals surface area contributed by atoms with Gasteiger partial charge in [0.15, 0.2) is 11.6 Å². The van der Waals surface area contributed by atoms with Crippen molar-refractivity contribution in [1.82, 2.24) is 15.0 Å². The van der Waals surface area contributed by atoms with E-state index in [1.54, 1.807) is 30.6 Å². The third-order valence-corrected chi connectivity index (χ3v) is 4.44. The molecular formula is C21H24FN5O2. The number of anilines is 3. The van der Waals surface area contributed by atoms with Crippen molar-refractivity contribution in [1.29, 1.82) is 0 Å². The van der Waals surface area contributed by atoms with Crippen molar-refractivity contribution in [2.45, 2.75) is 19.9 Å². The van der Waals surface area contributed by atoms with Crippen molar-refractivity contribution in [2.75, 3.05) is 24.4 Å². The summed E-state index contributed by atoms with van der Waals surface area (Å²) in [6.45, 7) is 3.95. The highest BCUT2D eigenvalue weighted by Gasteiger charge is 2.15. The lowest BCUT2D eigenvalue weighted by Crippen LogP contribution is -2.30. The number of aromatic nitrogens is 3. The predicted molar refractivity (Wildman–Crippen MR) is 111 cm³/mol. The molecule has 0 fully saturated rings. The molecule has 152 valence electrons. The van der Waals surface area contributed by atoms with Crippen molar-refractivity contribution in [3.63, 3.8) is 0 Å². The fourth-order valence-electron chi connectivity index (χ4n) is 2.73. The number of aliphatic hydroxyl groups excluding tert-OH is 1. The molecule has 1 atom stereocenters. The number of hydrogen-bond acceptors (Lipinski definition) is 7. The smallest absolute Gasteiger partial charge is 0.225 e. The Morgan fingerprint density at radius 3 is 2.48 bits per heavy atom. The maximum Gasteiger partial charge on any atom is 0.225 e. The third kappa shape index (κ3) is 5.17. The minimum atomic E-state index is -0.473. The molecule has 0 saturated carbocycles. The minimum Gasteiger partial charge on any atom is -0.494 e. The second kappa shape index (κ2) is 9.29. The van der Waals surface area contributed by atoms with E-state index < -0.39 is 5.82 Å². The summed E-state index contributed by atoms with van der Waals surface area (Å²) >= 11 is 0. The molecule has 3 rings (SSSR count). The number of halogens is 1. The van der Waals surface area contributed by atoms with Crippen LogP contribution in [0.15, 0.2) is 48.8 Å². The van der Waals surface area contributed by atoms with Gasteiger partial charge in [-0.1, -0.05) is 13.8 Å². The summed E-state index contributed by atoms with van der Waals surface area (Å²) in [5.41, 5.74) is 2.05. The zero-order valence-electron chi connectivity index (χ0n) is 16.6. The summed E-state index contributed by atoms with van der Waals surface area (Å²) in [6.07, 6.45) is 3.36. The molecule has 7 nitrogen and oxygen atoms in total. The van der Waals surface area contributed by atoms with Crippen LogP contribution >= 0.6 is 0 Å². The second-order valence-corrected chi connectivity index (χ2v) is 6.85. The minimum absolute atomic E-state index is 0.0486. The molecule has 0 amide bonds. The van der Waals surface area contributed by atoms with E-state index in [1.807, 2.05) is 26.0 Å². The Labute approximate surface area is 169 Å². The predicted octanol–water partition coefficient (Wildman–Crippen LogP) is 3.86. The monoisotopic (exact) mass is 397 g/mol. The SMILES string of the molecule is COc1ccc(Nc2cc(-c3ccncc3)nc(N[C@H](CO)C(C)C)n2)cc1F. The first kappa shape index (κ1) is 20.5. The molecule has 2 aromatic heterocycles. The van der Waals surface area contributed by atoms with E-state index in [-0.39, 0.29) is 24.3 Å². The van der Waals surface area contributed by atoms with Gasteiger partial charge in [-0.3, -0.25) is 4.98 Å². The van der Waals surface area contributed by atoms with Gasteiger partial charge >= 0.3 is 0 Å². The van der Waals surface area contributed by atoms with Crippen LogP contribution in [-0.4, -0.2) is 39.8 Å². The molecule has 0 spiro atoms. The van der Waals surface area contributed by atoms with Gasteiger partial charge in [-0.05, 0) is 30.2 Å². The molecular weight excluding hydrogens is 373 g/mol. The highest BCUT2D eigenvalue weighted by Crippen LogP contribution is 2.26. The normalized spacial score (nSPS) is 11.9. The van der Waals surface area contributed by atoms with E-state index in [1.165, 1.54) is 13.2 Å². The third-order valence-electron chi connectivity index (χ3n) is 4.44. The van der Waals surface area contributed by atoms with Gasteiger partial charge in [0.05, 0.1) is 25.5 Å². The van der Waals surface area contributed by atoms with Gasteiger partial charge in [0, 0.05) is 35.8 Å². The second-order valence-electron chi connectivity index (χ2n) is 6.85. The van der Waals surface area contributed by atoms with Crippen LogP contribution in [0.1, 0.15) is 13.8 Å². The number of nitrogens with one attached hydrogen (secondary N) is 2. The molecule has 8 heteroatoms. The average Bonchev–Trinajstić information content (AvgIpc) is 2.72. The Hall–Kier alpha value is -3.26. The lowest BCUT2D eigenvalue weighted by molar-refractivity contribution is 0.248. The fourth-order valence-corrected chi connectivity index (χ4v) is 2.73. The molecule has 2 heterocycles. The number of hydrogen-bond donors (Lipinski definition) is 3. The molecule has 0 aliphatic carbocycles. The van der Waals surface area contributed by atoms with Crippen LogP contribution in [0.25, 0.3) is 11.3 Å². The van der Waals surface area contributed by atoms with Gasteiger partial charge in [0.25, 0.3) is 0 Å². The Morgan fingerprint density at radius 2 is 1.86 bits per heavy atom. The van der Waals surface area contributed by atoms with E-state index in [0.717, 1.165) is 5.56 Å². The molecule has 0 saturated heterocycles. The first-order valence-corrected chi connectivity index (χ1v) is 9.27. The Kier molecular flexibility index (Phi) is 6.56. The zero-order chi connectivity index (χ0) is 20.8. The van der Waals surface area contributed by atoms with Gasteiger partial charge in [-0.2, -0.15) is 4.98 Å². The zero-order valence-corrected chi connectivity index (χ0v) is 16.6. The first-order valence-electron chi connectivity index (χ1n) is 9.27. The molecule has 3 aromatic rings. The van der Waals surface area contributed by atoms with Crippen LogP contribution < -0.4 is 15.4 Å². The van der Waals surface area contributed by atoms with Crippen LogP contribution in [-0.2, 0) is 0 Å². The topological polar surface area (TPSA) is 92.2 Å². The summed E-state index contributed by atoms with van der Waals surface area (Å²) < 4.78 is 19.0. The average molecular weight is 397 g/mol. The molecule has 0 aliphatic heterocycles. The number of benzene rings is 1. The number of ether oxygens (including phenoxy) is 1. The van der Waals surface area contributed by atoms with Crippen LogP contribution in [0.3, 0.4) is 0 Å². The van der Waals surface area contributed by atoms with Crippen LogP contribution in [0.2, 0.25) is 0 Å². The van der Waals surface area contributed by atoms with E-state index in [9.17, 15) is 9.50 Å². The molecule has 29 heavy (non-hydrogen) atoms. The standard InChI is InChI=1S/C21H24FN5O2/c1-13(2)18(12-28)26-21-25-17(14-6-8-23-9-7-14)11-20(27-21)24-15-4-5-19(29-3)16(22)10-15/h4-11,13,18,28H,12H2,1-3H3,(H2,24,25,26,27)/t18-/m1/s1. The summed E-state index contributed by atoms with van der Waals surface area (Å²) in [7, 11) is 1.42. The van der Waals surface area contributed by atoms with Crippen LogP contribution in [0, 0.1) is 11.7 Å². The maximum atomic E-state index is 14.0. The van der Waals surface area contributed by atoms with E-state index in [2.05, 4.69) is 25.6 Å². The van der Waals surface area contributed by atoms with Crippen molar-refractivity contribution >= 4 is 17.5 Å². The quantitative estimate of drug-likeness (QED) is 0.531. The highest BCUT2D eigenvalue weighted by atomic mass is 19.1. The number of aliphatic hydroxyl groups is 1. The lowest BCUT2D eigenvalue weighted by atomic mass is 10.1. The Bertz CT molecular complexity index is 953. The largest absolute Gasteiger partial charge is 0.494 e. The van der Waals surface area contributed by atoms with Gasteiger partial charge < -0.3 is 20.5 Å². The molecule has 1 aromatic carbocycles. The van der Waals surface area contributed by atoms with E-state index in [4.69, 9.17) is 4.74 Å². The number of methoxy groups -OCH3 is 1. The number of rotatable bonds is 8. The summed E-state index contributed by atoms with van der Waals surface area (Å²) in [4.78, 5) is 13.1. The van der Waals surface area contributed by atoms with Gasteiger partial charge in [-0.25, -0.2) is 9.37 Å². The lowest BCUT2D eigenvalue weighted by Gasteiger charge is -2.20. The van der Waals surface area contributed by atoms with E-state index in [0.29, 0.717) is 23.1 Å². The van der Waals surface area contributed by atoms with Gasteiger partial charge in [-0.15, -0.1) is 0 Å². The van der Waals surface area contributed by atoms with Gasteiger partial charge in [0.1, 0.15) is 5.82 Å². The maximum absolute atomic E-state index is 14.0. The Balaban J connectivity index is 1.96. The Morgan fingerprint density at radius 1 is 1.10 bits per heavy atom. The van der Waals surface area contributed by atoms with Crippen LogP contribution in [0.4, 0.5) is 21.8 Å². The van der Waals surface area contributed by atoms with Crippen LogP contribution in [0.5, 0.6) is 5.75 Å². The van der Waals surface area contributed by atoms with Gasteiger partial charge in [0.2, 0.25) is 5.95 Å². The molecule has 0 unspecified atom stereocenters. The van der Waals surface area contributed by atoms with Crippen molar-refractivity contribution in [3.05, 3.63) is 54.6 Å². The van der Waals surface area contributed by atoms with Crippen molar-refractivity contribution in [2.24, 2.45) is 5.92 Å². The summed E-state index contributed by atoms with van der Waals surface area (Å²) in [6, 6.07) is 9.84. The fraction of sp³-hybridized carbons (Fsp3) is 0.286. The van der Waals surface area contributed by atoms with Crippen molar-refractivity contribution < 1.29 is 14.2 Å². The molecule has 0 radical (unpaired) electrons. The molecule has 0 aliphatic rings. The number of pyridine rings is 1. The molecule has 0 bridgehead atoms. The first-order chi connectivity index (χ1) is 14.0. The highest BCUT2D eigenvalue weighted by molar-refractivity contribution is 5.67. The number of nitrogens with zero attached hydrogens (tertiary/aromatic N) is 3. The summed E-state index contributed by atoms with van der Waals surface area (Å²) in [5.74, 6) is 0.725. The van der Waals surface area contributed by atoms with Crippen molar-refractivity contribution in [3.8, 4) is 17.0 Å². The molecule has 3 N–H and O–H groups in total. The van der Waals surface area contributed by atoms with E-state index >= 15 is 0 Å².